The number of esters is 3. The second-order valence-electron chi connectivity index (χ2n) is 18.7. The summed E-state index contributed by atoms with van der Waals surface area (Å²) in [4.78, 5) is 48.4. The van der Waals surface area contributed by atoms with E-state index in [1.165, 1.54) is 83.5 Å². The summed E-state index contributed by atoms with van der Waals surface area (Å²) in [6, 6.07) is 0. The average Bonchev–Trinajstić information content (AvgIpc) is 3.37. The van der Waals surface area contributed by atoms with Gasteiger partial charge in [-0.3, -0.25) is 23.4 Å². The highest BCUT2D eigenvalue weighted by Gasteiger charge is 2.28. The summed E-state index contributed by atoms with van der Waals surface area (Å²) in [6.45, 7) is 4.42. The van der Waals surface area contributed by atoms with Crippen molar-refractivity contribution < 1.29 is 52.2 Å². The number of carbonyl (C=O) groups excluding carboxylic acids is 3. The third-order valence-electron chi connectivity index (χ3n) is 11.8. The van der Waals surface area contributed by atoms with Crippen LogP contribution in [0.1, 0.15) is 239 Å². The van der Waals surface area contributed by atoms with Crippen molar-refractivity contribution in [2.75, 3.05) is 26.4 Å². The van der Waals surface area contributed by atoms with Crippen molar-refractivity contribution in [3.8, 4) is 0 Å². The van der Waals surface area contributed by atoms with Crippen LogP contribution in [-0.2, 0) is 42.2 Å². The molecule has 0 aromatic carbocycles. The van der Waals surface area contributed by atoms with E-state index in [9.17, 15) is 28.9 Å². The maximum Gasteiger partial charge on any atom is 0.472 e. The SMILES string of the molecule is CC/C=C\C/C=C\C/C=C\C/C=C\C/C=C\C/C=C\CCC(=O)OC(COC(=O)CCCCCCC/C=C\CCCCCCCC)COP(=O)(O)OCC(CO)OC(=O)CCCCCCCCCCCCC. The fourth-order valence-corrected chi connectivity index (χ4v) is 8.28. The second-order valence-corrected chi connectivity index (χ2v) is 20.2. The zero-order valence-electron chi connectivity index (χ0n) is 45.6. The first-order valence-corrected chi connectivity index (χ1v) is 30.0. The number of aliphatic hydroxyl groups is 1. The molecule has 0 spiro atoms. The van der Waals surface area contributed by atoms with Gasteiger partial charge >= 0.3 is 25.7 Å². The number of allylic oxidation sites excluding steroid dienone is 14. The molecule has 11 nitrogen and oxygen atoms in total. The Balaban J connectivity index is 4.86. The molecule has 0 aliphatic carbocycles. The maximum absolute atomic E-state index is 12.9. The molecule has 2 N–H and O–H groups in total. The predicted molar refractivity (Wildman–Crippen MR) is 298 cm³/mol. The van der Waals surface area contributed by atoms with Crippen LogP contribution < -0.4 is 0 Å². The summed E-state index contributed by atoms with van der Waals surface area (Å²) in [5, 5.41) is 9.79. The van der Waals surface area contributed by atoms with Crippen LogP contribution in [0, 0.1) is 0 Å². The van der Waals surface area contributed by atoms with E-state index in [4.69, 9.17) is 23.3 Å². The fourth-order valence-electron chi connectivity index (χ4n) is 7.49. The lowest BCUT2D eigenvalue weighted by Crippen LogP contribution is -2.30. The molecule has 0 amide bonds. The highest BCUT2D eigenvalue weighted by atomic mass is 31.2. The molecule has 0 saturated carbocycles. The standard InChI is InChI=1S/C60H103O11P/c1-4-7-10-13-16-19-22-24-26-27-28-29-31-33-36-39-42-45-48-51-60(64)71-57(53-67-58(62)49-46-43-40-37-35-32-30-25-23-20-17-14-11-8-5-2)55-69-72(65,66)68-54-56(52-61)70-59(63)50-47-44-41-38-34-21-18-15-12-9-6-3/h7,10,16,19,24-26,28-30,33,36,42,45,56-57,61H,4-6,8-9,11-15,17-18,20-23,27,31-32,34-35,37-41,43-44,46-55H2,1-3H3,(H,65,66)/b10-7-,19-16-,26-24-,29-28-,30-25-,36-33-,45-42-. The number of hydrogen-bond donors (Lipinski definition) is 2. The van der Waals surface area contributed by atoms with Crippen LogP contribution in [0.15, 0.2) is 85.1 Å². The van der Waals surface area contributed by atoms with E-state index < -0.39 is 57.8 Å². The summed E-state index contributed by atoms with van der Waals surface area (Å²) < 4.78 is 39.4. The molecule has 12 heteroatoms. The lowest BCUT2D eigenvalue weighted by molar-refractivity contribution is -0.161. The van der Waals surface area contributed by atoms with Crippen LogP contribution in [0.5, 0.6) is 0 Å². The Labute approximate surface area is 439 Å². The Kier molecular flexibility index (Phi) is 51.4. The molecule has 0 bridgehead atoms. The number of carbonyl (C=O) groups is 3. The van der Waals surface area contributed by atoms with Gasteiger partial charge < -0.3 is 24.2 Å². The smallest absolute Gasteiger partial charge is 0.462 e. The average molecular weight is 1030 g/mol. The minimum Gasteiger partial charge on any atom is -0.462 e. The predicted octanol–water partition coefficient (Wildman–Crippen LogP) is 16.7. The molecule has 0 rings (SSSR count). The number of aliphatic hydroxyl groups excluding tert-OH is 1. The van der Waals surface area contributed by atoms with Gasteiger partial charge in [0.25, 0.3) is 0 Å². The number of hydrogen-bond acceptors (Lipinski definition) is 10. The lowest BCUT2D eigenvalue weighted by atomic mass is 10.1. The Morgan fingerprint density at radius 2 is 0.750 bits per heavy atom. The Hall–Kier alpha value is -3.34. The first-order valence-electron chi connectivity index (χ1n) is 28.5. The van der Waals surface area contributed by atoms with Gasteiger partial charge in [0.05, 0.1) is 19.8 Å². The van der Waals surface area contributed by atoms with Gasteiger partial charge in [0.15, 0.2) is 6.10 Å². The largest absolute Gasteiger partial charge is 0.472 e. The molecule has 0 radical (unpaired) electrons. The molecular weight excluding hydrogens is 928 g/mol. The quantitative estimate of drug-likeness (QED) is 0.0197. The zero-order chi connectivity index (χ0) is 52.7. The first-order chi connectivity index (χ1) is 35.2. The van der Waals surface area contributed by atoms with Gasteiger partial charge in [0.2, 0.25) is 0 Å². The van der Waals surface area contributed by atoms with E-state index in [-0.39, 0.29) is 25.9 Å². The van der Waals surface area contributed by atoms with E-state index in [1.54, 1.807) is 0 Å². The van der Waals surface area contributed by atoms with Gasteiger partial charge in [-0.1, -0.05) is 221 Å². The number of phosphoric acid groups is 1. The normalized spacial score (nSPS) is 14.0. The first kappa shape index (κ1) is 68.7. The van der Waals surface area contributed by atoms with Gasteiger partial charge in [-0.15, -0.1) is 0 Å². The molecule has 0 aromatic rings. The maximum atomic E-state index is 12.9. The van der Waals surface area contributed by atoms with Gasteiger partial charge in [-0.05, 0) is 83.5 Å². The fraction of sp³-hybridized carbons (Fsp3) is 0.717. The van der Waals surface area contributed by atoms with Crippen molar-refractivity contribution in [2.45, 2.75) is 251 Å². The number of rotatable bonds is 52. The third kappa shape index (κ3) is 51.6. The van der Waals surface area contributed by atoms with E-state index in [1.807, 2.05) is 12.2 Å². The Bertz CT molecular complexity index is 1530. The van der Waals surface area contributed by atoms with Crippen molar-refractivity contribution in [2.24, 2.45) is 0 Å². The van der Waals surface area contributed by atoms with E-state index in [0.717, 1.165) is 89.9 Å². The number of phosphoric ester groups is 1. The molecule has 3 atom stereocenters. The van der Waals surface area contributed by atoms with Crippen LogP contribution in [0.2, 0.25) is 0 Å². The molecular formula is C60H103O11P. The lowest BCUT2D eigenvalue weighted by Gasteiger charge is -2.21. The van der Waals surface area contributed by atoms with Crippen LogP contribution in [0.25, 0.3) is 0 Å². The monoisotopic (exact) mass is 1030 g/mol. The van der Waals surface area contributed by atoms with E-state index >= 15 is 0 Å². The second kappa shape index (κ2) is 53.9. The molecule has 0 saturated heterocycles. The Morgan fingerprint density at radius 1 is 0.403 bits per heavy atom. The number of ether oxygens (including phenoxy) is 3. The van der Waals surface area contributed by atoms with Gasteiger partial charge in [-0.25, -0.2) is 4.57 Å². The van der Waals surface area contributed by atoms with Crippen molar-refractivity contribution in [1.29, 1.82) is 0 Å². The summed E-state index contributed by atoms with van der Waals surface area (Å²) in [5.74, 6) is -1.58. The molecule has 3 unspecified atom stereocenters. The number of unbranched alkanes of at least 4 members (excludes halogenated alkanes) is 21. The molecule has 0 fully saturated rings. The summed E-state index contributed by atoms with van der Waals surface area (Å²) in [7, 11) is -4.77. The Morgan fingerprint density at radius 3 is 1.19 bits per heavy atom. The highest BCUT2D eigenvalue weighted by Crippen LogP contribution is 2.43. The molecule has 72 heavy (non-hydrogen) atoms. The van der Waals surface area contributed by atoms with Gasteiger partial charge in [0, 0.05) is 19.3 Å². The van der Waals surface area contributed by atoms with E-state index in [0.29, 0.717) is 25.7 Å². The van der Waals surface area contributed by atoms with E-state index in [2.05, 4.69) is 93.7 Å². The van der Waals surface area contributed by atoms with Crippen molar-refractivity contribution in [3.05, 3.63) is 85.1 Å². The third-order valence-corrected chi connectivity index (χ3v) is 12.8. The topological polar surface area (TPSA) is 155 Å². The van der Waals surface area contributed by atoms with Crippen LogP contribution in [-0.4, -0.2) is 66.5 Å². The van der Waals surface area contributed by atoms with Gasteiger partial charge in [0.1, 0.15) is 12.7 Å². The summed E-state index contributed by atoms with van der Waals surface area (Å²) >= 11 is 0. The van der Waals surface area contributed by atoms with Crippen LogP contribution in [0.4, 0.5) is 0 Å². The van der Waals surface area contributed by atoms with Crippen LogP contribution >= 0.6 is 7.82 Å². The molecule has 0 heterocycles. The summed E-state index contributed by atoms with van der Waals surface area (Å²) in [6.07, 6.45) is 61.3. The van der Waals surface area contributed by atoms with Crippen molar-refractivity contribution in [1.82, 2.24) is 0 Å². The minimum absolute atomic E-state index is 0.0392. The summed E-state index contributed by atoms with van der Waals surface area (Å²) in [5.41, 5.74) is 0. The van der Waals surface area contributed by atoms with Gasteiger partial charge in [-0.2, -0.15) is 0 Å². The van der Waals surface area contributed by atoms with Crippen molar-refractivity contribution >= 4 is 25.7 Å². The minimum atomic E-state index is -4.77. The van der Waals surface area contributed by atoms with Crippen molar-refractivity contribution in [3.63, 3.8) is 0 Å². The zero-order valence-corrected chi connectivity index (χ0v) is 46.5. The molecule has 414 valence electrons. The highest BCUT2D eigenvalue weighted by molar-refractivity contribution is 7.47. The van der Waals surface area contributed by atoms with Crippen LogP contribution in [0.3, 0.4) is 0 Å². The molecule has 0 aromatic heterocycles. The molecule has 0 aliphatic rings. The molecule has 0 aliphatic heterocycles.